The highest BCUT2D eigenvalue weighted by Gasteiger charge is 2.00. The SMILES string of the molecule is Cc1cccc(Cc2nccc(NN)n2)c1. The van der Waals surface area contributed by atoms with Crippen LogP contribution in [0.1, 0.15) is 17.0 Å². The lowest BCUT2D eigenvalue weighted by Crippen LogP contribution is -2.10. The molecule has 0 fully saturated rings. The van der Waals surface area contributed by atoms with Gasteiger partial charge in [-0.2, -0.15) is 0 Å². The Kier molecular flexibility index (Phi) is 3.12. The standard InChI is InChI=1S/C12H14N4/c1-9-3-2-4-10(7-9)8-12-14-6-5-11(15-12)16-13/h2-7H,8,13H2,1H3,(H,14,15,16). The molecule has 82 valence electrons. The van der Waals surface area contributed by atoms with E-state index in [1.54, 1.807) is 12.3 Å². The van der Waals surface area contributed by atoms with Gasteiger partial charge in [0.15, 0.2) is 0 Å². The molecular formula is C12H14N4. The summed E-state index contributed by atoms with van der Waals surface area (Å²) < 4.78 is 0. The highest BCUT2D eigenvalue weighted by Crippen LogP contribution is 2.09. The molecule has 3 N–H and O–H groups in total. The van der Waals surface area contributed by atoms with Gasteiger partial charge < -0.3 is 5.43 Å². The number of nitrogens with two attached hydrogens (primary N) is 1. The maximum absolute atomic E-state index is 5.30. The summed E-state index contributed by atoms with van der Waals surface area (Å²) >= 11 is 0. The van der Waals surface area contributed by atoms with Gasteiger partial charge in [-0.25, -0.2) is 15.8 Å². The fourth-order valence-electron chi connectivity index (χ4n) is 1.57. The van der Waals surface area contributed by atoms with Crippen molar-refractivity contribution in [2.45, 2.75) is 13.3 Å². The summed E-state index contributed by atoms with van der Waals surface area (Å²) in [6.07, 6.45) is 2.42. The second-order valence-corrected chi connectivity index (χ2v) is 3.67. The van der Waals surface area contributed by atoms with Crippen molar-refractivity contribution in [2.24, 2.45) is 5.84 Å². The first-order valence-electron chi connectivity index (χ1n) is 5.12. The first-order valence-corrected chi connectivity index (χ1v) is 5.12. The Labute approximate surface area is 94.5 Å². The largest absolute Gasteiger partial charge is 0.308 e. The molecule has 0 amide bonds. The molecule has 0 radical (unpaired) electrons. The summed E-state index contributed by atoms with van der Waals surface area (Å²) in [7, 11) is 0. The zero-order valence-corrected chi connectivity index (χ0v) is 9.14. The van der Waals surface area contributed by atoms with Crippen LogP contribution in [0.4, 0.5) is 5.82 Å². The summed E-state index contributed by atoms with van der Waals surface area (Å²) in [6.45, 7) is 2.07. The molecule has 4 nitrogen and oxygen atoms in total. The van der Waals surface area contributed by atoms with Crippen LogP contribution in [0.5, 0.6) is 0 Å². The van der Waals surface area contributed by atoms with Crippen LogP contribution in [-0.4, -0.2) is 9.97 Å². The minimum Gasteiger partial charge on any atom is -0.308 e. The number of rotatable bonds is 3. The minimum atomic E-state index is 0.637. The molecule has 0 aliphatic carbocycles. The van der Waals surface area contributed by atoms with Crippen molar-refractivity contribution >= 4 is 5.82 Å². The molecule has 0 spiro atoms. The van der Waals surface area contributed by atoms with Gasteiger partial charge in [0.25, 0.3) is 0 Å². The Balaban J connectivity index is 2.20. The highest BCUT2D eigenvalue weighted by molar-refractivity contribution is 5.32. The second-order valence-electron chi connectivity index (χ2n) is 3.67. The van der Waals surface area contributed by atoms with E-state index in [-0.39, 0.29) is 0 Å². The molecule has 0 aliphatic heterocycles. The number of hydrogen-bond donors (Lipinski definition) is 2. The molecule has 0 saturated heterocycles. The third kappa shape index (κ3) is 2.55. The number of nitrogens with one attached hydrogen (secondary N) is 1. The van der Waals surface area contributed by atoms with Crippen LogP contribution in [-0.2, 0) is 6.42 Å². The Morgan fingerprint density at radius 1 is 1.31 bits per heavy atom. The number of aryl methyl sites for hydroxylation is 1. The van der Waals surface area contributed by atoms with Crippen molar-refractivity contribution < 1.29 is 0 Å². The van der Waals surface area contributed by atoms with Crippen LogP contribution in [0.2, 0.25) is 0 Å². The molecule has 1 aromatic heterocycles. The predicted octanol–water partition coefficient (Wildman–Crippen LogP) is 1.66. The lowest BCUT2D eigenvalue weighted by Gasteiger charge is -2.03. The zero-order valence-electron chi connectivity index (χ0n) is 9.14. The van der Waals surface area contributed by atoms with Crippen molar-refractivity contribution in [3.8, 4) is 0 Å². The molecule has 0 unspecified atom stereocenters. The molecular weight excluding hydrogens is 200 g/mol. The average Bonchev–Trinajstić information content (AvgIpc) is 2.29. The summed E-state index contributed by atoms with van der Waals surface area (Å²) in [5.41, 5.74) is 4.96. The topological polar surface area (TPSA) is 63.8 Å². The molecule has 2 rings (SSSR count). The summed E-state index contributed by atoms with van der Waals surface area (Å²) in [6, 6.07) is 10.0. The smallest absolute Gasteiger partial charge is 0.143 e. The van der Waals surface area contributed by atoms with Crippen LogP contribution >= 0.6 is 0 Å². The molecule has 0 aliphatic rings. The normalized spacial score (nSPS) is 10.1. The van der Waals surface area contributed by atoms with E-state index in [1.807, 2.05) is 6.07 Å². The second kappa shape index (κ2) is 4.72. The van der Waals surface area contributed by atoms with Gasteiger partial charge in [0.1, 0.15) is 11.6 Å². The molecule has 2 aromatic rings. The fourth-order valence-corrected chi connectivity index (χ4v) is 1.57. The van der Waals surface area contributed by atoms with E-state index in [0.29, 0.717) is 5.82 Å². The summed E-state index contributed by atoms with van der Waals surface area (Å²) in [5.74, 6) is 6.70. The van der Waals surface area contributed by atoms with Crippen LogP contribution in [0.3, 0.4) is 0 Å². The summed E-state index contributed by atoms with van der Waals surface area (Å²) in [5, 5.41) is 0. The van der Waals surface area contributed by atoms with Gasteiger partial charge in [-0.3, -0.25) is 0 Å². The van der Waals surface area contributed by atoms with Gasteiger partial charge >= 0.3 is 0 Å². The van der Waals surface area contributed by atoms with E-state index in [2.05, 4.69) is 40.5 Å². The number of hydrogen-bond acceptors (Lipinski definition) is 4. The molecule has 16 heavy (non-hydrogen) atoms. The zero-order chi connectivity index (χ0) is 11.4. The van der Waals surface area contributed by atoms with Crippen LogP contribution in [0.25, 0.3) is 0 Å². The minimum absolute atomic E-state index is 0.637. The molecule has 0 atom stereocenters. The molecule has 0 bridgehead atoms. The summed E-state index contributed by atoms with van der Waals surface area (Å²) in [4.78, 5) is 8.47. The number of benzene rings is 1. The van der Waals surface area contributed by atoms with Crippen LogP contribution < -0.4 is 11.3 Å². The Morgan fingerprint density at radius 2 is 2.19 bits per heavy atom. The van der Waals surface area contributed by atoms with E-state index < -0.39 is 0 Å². The molecule has 4 heteroatoms. The van der Waals surface area contributed by atoms with E-state index >= 15 is 0 Å². The highest BCUT2D eigenvalue weighted by atomic mass is 15.3. The number of anilines is 1. The predicted molar refractivity (Wildman–Crippen MR) is 63.8 cm³/mol. The maximum Gasteiger partial charge on any atom is 0.143 e. The van der Waals surface area contributed by atoms with Crippen LogP contribution in [0, 0.1) is 6.92 Å². The molecule has 1 heterocycles. The van der Waals surface area contributed by atoms with Gasteiger partial charge in [-0.15, -0.1) is 0 Å². The van der Waals surface area contributed by atoms with E-state index in [0.717, 1.165) is 12.2 Å². The number of nitrogens with zero attached hydrogens (tertiary/aromatic N) is 2. The lowest BCUT2D eigenvalue weighted by molar-refractivity contribution is 0.964. The van der Waals surface area contributed by atoms with Gasteiger partial charge in [-0.1, -0.05) is 29.8 Å². The Bertz CT molecular complexity index is 482. The molecule has 1 aromatic carbocycles. The van der Waals surface area contributed by atoms with Crippen molar-refractivity contribution in [1.29, 1.82) is 0 Å². The number of aromatic nitrogens is 2. The van der Waals surface area contributed by atoms with Crippen molar-refractivity contribution in [3.05, 3.63) is 53.5 Å². The maximum atomic E-state index is 5.30. The number of nitrogen functional groups attached to an aromatic ring is 1. The van der Waals surface area contributed by atoms with Gasteiger partial charge in [0.05, 0.1) is 0 Å². The van der Waals surface area contributed by atoms with E-state index in [1.165, 1.54) is 11.1 Å². The van der Waals surface area contributed by atoms with E-state index in [9.17, 15) is 0 Å². The lowest BCUT2D eigenvalue weighted by atomic mass is 10.1. The quantitative estimate of drug-likeness (QED) is 0.602. The Morgan fingerprint density at radius 3 is 2.94 bits per heavy atom. The fraction of sp³-hybridized carbons (Fsp3) is 0.167. The van der Waals surface area contributed by atoms with Gasteiger partial charge in [0, 0.05) is 18.7 Å². The first-order chi connectivity index (χ1) is 7.78. The molecule has 0 saturated carbocycles. The van der Waals surface area contributed by atoms with Crippen molar-refractivity contribution in [2.75, 3.05) is 5.43 Å². The first kappa shape index (κ1) is 10.6. The monoisotopic (exact) mass is 214 g/mol. The third-order valence-corrected chi connectivity index (χ3v) is 2.30. The van der Waals surface area contributed by atoms with Gasteiger partial charge in [-0.05, 0) is 12.5 Å². The van der Waals surface area contributed by atoms with Gasteiger partial charge in [0.2, 0.25) is 0 Å². The number of hydrazine groups is 1. The third-order valence-electron chi connectivity index (χ3n) is 2.30. The van der Waals surface area contributed by atoms with Crippen molar-refractivity contribution in [3.63, 3.8) is 0 Å². The van der Waals surface area contributed by atoms with E-state index in [4.69, 9.17) is 5.84 Å². The van der Waals surface area contributed by atoms with Crippen molar-refractivity contribution in [1.82, 2.24) is 9.97 Å². The average molecular weight is 214 g/mol. The van der Waals surface area contributed by atoms with Crippen LogP contribution in [0.15, 0.2) is 36.5 Å². The Hall–Kier alpha value is -1.94.